The van der Waals surface area contributed by atoms with Crippen molar-refractivity contribution < 1.29 is 9.59 Å². The highest BCUT2D eigenvalue weighted by molar-refractivity contribution is 5.89. The van der Waals surface area contributed by atoms with Crippen LogP contribution in [-0.4, -0.2) is 49.9 Å². The first-order valence-corrected chi connectivity index (χ1v) is 8.22. The molecular weight excluding hydrogens is 290 g/mol. The largest absolute Gasteiger partial charge is 0.378 e. The van der Waals surface area contributed by atoms with Crippen molar-refractivity contribution in [1.82, 2.24) is 10.2 Å². The fourth-order valence-electron chi connectivity index (χ4n) is 2.84. The van der Waals surface area contributed by atoms with Crippen LogP contribution in [0.5, 0.6) is 0 Å². The van der Waals surface area contributed by atoms with E-state index in [0.717, 1.165) is 12.1 Å². The van der Waals surface area contributed by atoms with Crippen molar-refractivity contribution >= 4 is 17.5 Å². The van der Waals surface area contributed by atoms with Crippen LogP contribution in [0, 0.1) is 5.92 Å². The summed E-state index contributed by atoms with van der Waals surface area (Å²) < 4.78 is 0. The number of amides is 2. The van der Waals surface area contributed by atoms with Gasteiger partial charge in [0.2, 0.25) is 11.8 Å². The molecule has 0 radical (unpaired) electrons. The number of nitrogens with one attached hydrogen (secondary N) is 1. The van der Waals surface area contributed by atoms with Crippen molar-refractivity contribution in [2.75, 3.05) is 32.1 Å². The average Bonchev–Trinajstić information content (AvgIpc) is 2.90. The van der Waals surface area contributed by atoms with Gasteiger partial charge in [0.25, 0.3) is 0 Å². The zero-order chi connectivity index (χ0) is 17.0. The molecule has 23 heavy (non-hydrogen) atoms. The van der Waals surface area contributed by atoms with Crippen LogP contribution in [0.4, 0.5) is 5.69 Å². The van der Waals surface area contributed by atoms with Crippen LogP contribution >= 0.6 is 0 Å². The molecule has 1 N–H and O–H groups in total. The molecule has 0 unspecified atom stereocenters. The van der Waals surface area contributed by atoms with E-state index in [9.17, 15) is 9.59 Å². The second-order valence-corrected chi connectivity index (χ2v) is 6.64. The minimum absolute atomic E-state index is 0.00795. The molecule has 1 aliphatic rings. The van der Waals surface area contributed by atoms with Crippen LogP contribution in [0.3, 0.4) is 0 Å². The predicted octanol–water partition coefficient (Wildman–Crippen LogP) is 1.67. The van der Waals surface area contributed by atoms with Gasteiger partial charge in [0, 0.05) is 45.3 Å². The van der Waals surface area contributed by atoms with E-state index < -0.39 is 0 Å². The van der Waals surface area contributed by atoms with Gasteiger partial charge in [-0.2, -0.15) is 0 Å². The number of rotatable bonds is 6. The summed E-state index contributed by atoms with van der Waals surface area (Å²) >= 11 is 0. The smallest absolute Gasteiger partial charge is 0.225 e. The van der Waals surface area contributed by atoms with E-state index in [1.165, 1.54) is 5.56 Å². The maximum Gasteiger partial charge on any atom is 0.225 e. The van der Waals surface area contributed by atoms with Crippen molar-refractivity contribution in [3.8, 4) is 0 Å². The maximum absolute atomic E-state index is 12.2. The normalized spacial score (nSPS) is 17.7. The summed E-state index contributed by atoms with van der Waals surface area (Å²) in [5, 5.41) is 2.96. The monoisotopic (exact) mass is 317 g/mol. The zero-order valence-corrected chi connectivity index (χ0v) is 14.5. The minimum Gasteiger partial charge on any atom is -0.378 e. The molecule has 0 saturated carbocycles. The summed E-state index contributed by atoms with van der Waals surface area (Å²) in [6.07, 6.45) is 1.13. The zero-order valence-electron chi connectivity index (χ0n) is 14.5. The van der Waals surface area contributed by atoms with Gasteiger partial charge in [-0.3, -0.25) is 9.59 Å². The third-order valence-electron chi connectivity index (χ3n) is 4.32. The third kappa shape index (κ3) is 4.47. The molecule has 0 spiro atoms. The number of anilines is 1. The summed E-state index contributed by atoms with van der Waals surface area (Å²) in [5.74, 6) is -0.133. The molecule has 0 aromatic heterocycles. The van der Waals surface area contributed by atoms with E-state index in [1.54, 1.807) is 4.90 Å². The van der Waals surface area contributed by atoms with Gasteiger partial charge in [0.1, 0.15) is 0 Å². The highest BCUT2D eigenvalue weighted by atomic mass is 16.2. The summed E-state index contributed by atoms with van der Waals surface area (Å²) in [4.78, 5) is 27.9. The van der Waals surface area contributed by atoms with E-state index in [2.05, 4.69) is 34.5 Å². The van der Waals surface area contributed by atoms with E-state index in [4.69, 9.17) is 0 Å². The predicted molar refractivity (Wildman–Crippen MR) is 92.4 cm³/mol. The Morgan fingerprint density at radius 1 is 1.30 bits per heavy atom. The fraction of sp³-hybridized carbons (Fsp3) is 0.556. The van der Waals surface area contributed by atoms with Gasteiger partial charge >= 0.3 is 0 Å². The van der Waals surface area contributed by atoms with Gasteiger partial charge in [0.05, 0.1) is 5.92 Å². The SMILES string of the molecule is CC(C)N1C[C@@H](C(=O)NCCc2ccc(N(C)C)cc2)CC1=O. The first-order chi connectivity index (χ1) is 10.9. The van der Waals surface area contributed by atoms with Gasteiger partial charge in [0.15, 0.2) is 0 Å². The molecule has 2 amide bonds. The Morgan fingerprint density at radius 2 is 1.96 bits per heavy atom. The van der Waals surface area contributed by atoms with Gasteiger partial charge < -0.3 is 15.1 Å². The van der Waals surface area contributed by atoms with Crippen molar-refractivity contribution in [2.45, 2.75) is 32.7 Å². The summed E-state index contributed by atoms with van der Waals surface area (Å²) in [6.45, 7) is 5.11. The summed E-state index contributed by atoms with van der Waals surface area (Å²) in [5.41, 5.74) is 2.36. The molecule has 1 saturated heterocycles. The van der Waals surface area contributed by atoms with Crippen LogP contribution in [0.15, 0.2) is 24.3 Å². The van der Waals surface area contributed by atoms with Gasteiger partial charge in [-0.25, -0.2) is 0 Å². The number of carbonyl (C=O) groups is 2. The van der Waals surface area contributed by atoms with E-state index in [1.807, 2.05) is 27.9 Å². The Balaban J connectivity index is 1.78. The van der Waals surface area contributed by atoms with Crippen molar-refractivity contribution in [3.05, 3.63) is 29.8 Å². The lowest BCUT2D eigenvalue weighted by molar-refractivity contribution is -0.129. The fourth-order valence-corrected chi connectivity index (χ4v) is 2.84. The molecule has 1 heterocycles. The molecule has 1 aliphatic heterocycles. The number of carbonyl (C=O) groups excluding carboxylic acids is 2. The lowest BCUT2D eigenvalue weighted by Gasteiger charge is -2.20. The maximum atomic E-state index is 12.2. The molecule has 2 rings (SSSR count). The molecule has 0 aliphatic carbocycles. The lowest BCUT2D eigenvalue weighted by Crippen LogP contribution is -2.36. The number of benzene rings is 1. The highest BCUT2D eigenvalue weighted by Gasteiger charge is 2.35. The van der Waals surface area contributed by atoms with Crippen molar-refractivity contribution in [1.29, 1.82) is 0 Å². The van der Waals surface area contributed by atoms with Crippen LogP contribution in [-0.2, 0) is 16.0 Å². The van der Waals surface area contributed by atoms with Crippen LogP contribution in [0.25, 0.3) is 0 Å². The van der Waals surface area contributed by atoms with Crippen LogP contribution in [0.2, 0.25) is 0 Å². The number of nitrogens with zero attached hydrogens (tertiary/aromatic N) is 2. The second-order valence-electron chi connectivity index (χ2n) is 6.64. The van der Waals surface area contributed by atoms with Gasteiger partial charge in [-0.1, -0.05) is 12.1 Å². The van der Waals surface area contributed by atoms with E-state index in [-0.39, 0.29) is 23.8 Å². The first-order valence-electron chi connectivity index (χ1n) is 8.22. The van der Waals surface area contributed by atoms with E-state index >= 15 is 0 Å². The van der Waals surface area contributed by atoms with E-state index in [0.29, 0.717) is 19.5 Å². The van der Waals surface area contributed by atoms with Gasteiger partial charge in [-0.15, -0.1) is 0 Å². The lowest BCUT2D eigenvalue weighted by atomic mass is 10.1. The topological polar surface area (TPSA) is 52.7 Å². The Hall–Kier alpha value is -2.04. The second kappa shape index (κ2) is 7.49. The molecular formula is C18H27N3O2. The van der Waals surface area contributed by atoms with Crippen LogP contribution < -0.4 is 10.2 Å². The van der Waals surface area contributed by atoms with Crippen LogP contribution in [0.1, 0.15) is 25.8 Å². The molecule has 1 aromatic carbocycles. The standard InChI is InChI=1S/C18H27N3O2/c1-13(2)21-12-15(11-17(21)22)18(23)19-10-9-14-5-7-16(8-6-14)20(3)4/h5-8,13,15H,9-12H2,1-4H3,(H,19,23)/t15-/m0/s1. The molecule has 1 aromatic rings. The number of hydrogen-bond donors (Lipinski definition) is 1. The number of hydrogen-bond acceptors (Lipinski definition) is 3. The molecule has 126 valence electrons. The average molecular weight is 317 g/mol. The Morgan fingerprint density at radius 3 is 2.48 bits per heavy atom. The highest BCUT2D eigenvalue weighted by Crippen LogP contribution is 2.20. The quantitative estimate of drug-likeness (QED) is 0.868. The molecule has 0 bridgehead atoms. The third-order valence-corrected chi connectivity index (χ3v) is 4.32. The first kappa shape index (κ1) is 17.3. The van der Waals surface area contributed by atoms with Crippen molar-refractivity contribution in [2.24, 2.45) is 5.92 Å². The number of likely N-dealkylation sites (tertiary alicyclic amines) is 1. The summed E-state index contributed by atoms with van der Waals surface area (Å²) in [6, 6.07) is 8.48. The molecule has 1 fully saturated rings. The van der Waals surface area contributed by atoms with Gasteiger partial charge in [-0.05, 0) is 38.0 Å². The Bertz CT molecular complexity index is 552. The molecule has 5 nitrogen and oxygen atoms in total. The van der Waals surface area contributed by atoms with Crippen molar-refractivity contribution in [3.63, 3.8) is 0 Å². The Labute approximate surface area is 138 Å². The minimum atomic E-state index is -0.207. The molecule has 1 atom stereocenters. The summed E-state index contributed by atoms with van der Waals surface area (Å²) in [7, 11) is 4.02. The molecule has 5 heteroatoms. The Kier molecular flexibility index (Phi) is 5.64.